The number of hydrogen-bond acceptors (Lipinski definition) is 4. The predicted molar refractivity (Wildman–Crippen MR) is 102 cm³/mol. The van der Waals surface area contributed by atoms with Gasteiger partial charge in [-0.25, -0.2) is 0 Å². The van der Waals surface area contributed by atoms with E-state index in [1.165, 1.54) is 7.05 Å². The highest BCUT2D eigenvalue weighted by atomic mass is 35.5. The summed E-state index contributed by atoms with van der Waals surface area (Å²) in [6.45, 7) is -1.09. The van der Waals surface area contributed by atoms with Crippen molar-refractivity contribution < 1.29 is 39.5 Å². The molecule has 15 heteroatoms. The van der Waals surface area contributed by atoms with Gasteiger partial charge in [-0.1, -0.05) is 16.7 Å². The van der Waals surface area contributed by atoms with Gasteiger partial charge in [0, 0.05) is 18.1 Å². The molecule has 0 saturated heterocycles. The molecule has 3 rings (SSSR count). The number of tetrazole rings is 1. The Morgan fingerprint density at radius 3 is 1.82 bits per heavy atom. The lowest BCUT2D eigenvalue weighted by molar-refractivity contribution is -0.143. The molecule has 0 amide bonds. The summed E-state index contributed by atoms with van der Waals surface area (Å²) in [6.07, 6.45) is -14.9. The third-order valence-corrected chi connectivity index (χ3v) is 4.90. The zero-order valence-electron chi connectivity index (χ0n) is 16.9. The molecule has 0 fully saturated rings. The van der Waals surface area contributed by atoms with Gasteiger partial charge in [0.25, 0.3) is 5.95 Å². The van der Waals surface area contributed by atoms with Crippen LogP contribution in [0.15, 0.2) is 36.4 Å². The Labute approximate surface area is 190 Å². The first-order valence-corrected chi connectivity index (χ1v) is 9.55. The first-order chi connectivity index (χ1) is 15.5. The van der Waals surface area contributed by atoms with Crippen LogP contribution in [0.25, 0.3) is 0 Å². The minimum absolute atomic E-state index is 0.0297. The average Bonchev–Trinajstić information content (AvgIpc) is 3.13. The Bertz CT molecular complexity index is 1140. The lowest BCUT2D eigenvalue weighted by Crippen LogP contribution is -2.25. The number of anilines is 1. The fourth-order valence-corrected chi connectivity index (χ4v) is 3.18. The van der Waals surface area contributed by atoms with E-state index in [-0.39, 0.29) is 22.6 Å². The second kappa shape index (κ2) is 8.96. The first kappa shape index (κ1) is 25.6. The van der Waals surface area contributed by atoms with Crippen LogP contribution in [-0.2, 0) is 38.7 Å². The molecule has 0 spiro atoms. The van der Waals surface area contributed by atoms with Crippen LogP contribution in [0.2, 0.25) is 5.02 Å². The van der Waals surface area contributed by atoms with Gasteiger partial charge < -0.3 is 4.90 Å². The Hall–Kier alpha value is -3.03. The molecule has 184 valence electrons. The van der Waals surface area contributed by atoms with Gasteiger partial charge in [0.2, 0.25) is 0 Å². The normalized spacial score (nSPS) is 12.8. The lowest BCUT2D eigenvalue weighted by Gasteiger charge is -2.23. The van der Waals surface area contributed by atoms with Gasteiger partial charge in [0.05, 0.1) is 23.7 Å². The van der Waals surface area contributed by atoms with Crippen LogP contribution in [0.1, 0.15) is 27.8 Å². The Balaban J connectivity index is 2.06. The minimum Gasteiger partial charge on any atom is -0.329 e. The van der Waals surface area contributed by atoms with E-state index in [2.05, 4.69) is 15.4 Å². The van der Waals surface area contributed by atoms with Crippen LogP contribution >= 0.6 is 11.6 Å². The van der Waals surface area contributed by atoms with E-state index in [0.717, 1.165) is 27.9 Å². The van der Waals surface area contributed by atoms with Gasteiger partial charge in [-0.05, 0) is 52.7 Å². The molecule has 34 heavy (non-hydrogen) atoms. The molecule has 5 nitrogen and oxygen atoms in total. The minimum atomic E-state index is -5.07. The monoisotopic (exact) mass is 517 g/mol. The van der Waals surface area contributed by atoms with Crippen molar-refractivity contribution in [3.63, 3.8) is 0 Å². The molecule has 2 aromatic carbocycles. The summed E-state index contributed by atoms with van der Waals surface area (Å²) in [6, 6.07) is 3.42. The molecule has 0 bridgehead atoms. The van der Waals surface area contributed by atoms with Crippen LogP contribution in [0, 0.1) is 0 Å². The van der Waals surface area contributed by atoms with E-state index >= 15 is 0 Å². The largest absolute Gasteiger partial charge is 0.416 e. The molecule has 0 unspecified atom stereocenters. The Morgan fingerprint density at radius 1 is 0.794 bits per heavy atom. The van der Waals surface area contributed by atoms with E-state index in [9.17, 15) is 39.5 Å². The van der Waals surface area contributed by atoms with Crippen LogP contribution in [0.5, 0.6) is 0 Å². The maximum absolute atomic E-state index is 13.2. The van der Waals surface area contributed by atoms with Crippen molar-refractivity contribution in [1.29, 1.82) is 0 Å². The van der Waals surface area contributed by atoms with Crippen molar-refractivity contribution in [2.45, 2.75) is 31.6 Å². The third-order valence-electron chi connectivity index (χ3n) is 4.54. The topological polar surface area (TPSA) is 46.8 Å². The molecule has 0 aliphatic rings. The number of benzene rings is 2. The molecule has 0 atom stereocenters. The highest BCUT2D eigenvalue weighted by Crippen LogP contribution is 2.37. The second-order valence-electron chi connectivity index (χ2n) is 7.15. The van der Waals surface area contributed by atoms with Gasteiger partial charge in [-0.3, -0.25) is 0 Å². The van der Waals surface area contributed by atoms with Gasteiger partial charge in [0.15, 0.2) is 0 Å². The fourth-order valence-electron chi connectivity index (χ4n) is 3.01. The van der Waals surface area contributed by atoms with E-state index in [1.807, 2.05) is 0 Å². The van der Waals surface area contributed by atoms with Crippen molar-refractivity contribution in [2.24, 2.45) is 7.05 Å². The summed E-state index contributed by atoms with van der Waals surface area (Å²) in [4.78, 5) is 2.02. The van der Waals surface area contributed by atoms with Crippen LogP contribution < -0.4 is 4.90 Å². The summed E-state index contributed by atoms with van der Waals surface area (Å²) in [5.74, 6) is -0.248. The van der Waals surface area contributed by atoms with Crippen molar-refractivity contribution in [3.05, 3.63) is 69.2 Å². The van der Waals surface area contributed by atoms with E-state index in [0.29, 0.717) is 12.1 Å². The predicted octanol–water partition coefficient (Wildman–Crippen LogP) is 6.13. The standard InChI is InChI=1S/C19H13ClF9N5/c1-33-31-16(30-32-33)34(9-11-6-12(17(21,22)23)2-3-15(11)20)8-10-4-13(18(24,25)26)7-14(5-10)19(27,28)29/h2-7H,8-9H2,1H3. The third kappa shape index (κ3) is 6.10. The summed E-state index contributed by atoms with van der Waals surface area (Å²) in [7, 11) is 1.35. The number of halogens is 10. The Morgan fingerprint density at radius 2 is 1.35 bits per heavy atom. The van der Waals surface area contributed by atoms with Crippen LogP contribution in [0.3, 0.4) is 0 Å². The smallest absolute Gasteiger partial charge is 0.329 e. The maximum Gasteiger partial charge on any atom is 0.416 e. The van der Waals surface area contributed by atoms with Crippen molar-refractivity contribution in [3.8, 4) is 0 Å². The molecule has 0 N–H and O–H groups in total. The number of aromatic nitrogens is 4. The van der Waals surface area contributed by atoms with Gasteiger partial charge in [-0.2, -0.15) is 44.3 Å². The van der Waals surface area contributed by atoms with E-state index < -0.39 is 53.9 Å². The lowest BCUT2D eigenvalue weighted by atomic mass is 10.0. The average molecular weight is 518 g/mol. The van der Waals surface area contributed by atoms with Crippen molar-refractivity contribution in [2.75, 3.05) is 4.90 Å². The van der Waals surface area contributed by atoms with Crippen LogP contribution in [-0.4, -0.2) is 20.2 Å². The van der Waals surface area contributed by atoms with E-state index in [4.69, 9.17) is 11.6 Å². The molecule has 1 aromatic heterocycles. The molecule has 1 heterocycles. The maximum atomic E-state index is 13.2. The van der Waals surface area contributed by atoms with Gasteiger partial charge >= 0.3 is 18.5 Å². The van der Waals surface area contributed by atoms with Gasteiger partial charge in [0.1, 0.15) is 0 Å². The summed E-state index contributed by atoms with van der Waals surface area (Å²) >= 11 is 6.00. The summed E-state index contributed by atoms with van der Waals surface area (Å²) in [5, 5.41) is 11.0. The number of rotatable bonds is 5. The molecule has 0 aliphatic carbocycles. The van der Waals surface area contributed by atoms with Gasteiger partial charge in [-0.15, -0.1) is 5.10 Å². The van der Waals surface area contributed by atoms with Crippen molar-refractivity contribution >= 4 is 17.5 Å². The molecule has 3 aromatic rings. The quantitative estimate of drug-likeness (QED) is 0.382. The molecular formula is C19H13ClF9N5. The fraction of sp³-hybridized carbons (Fsp3) is 0.316. The highest BCUT2D eigenvalue weighted by Gasteiger charge is 2.37. The number of hydrogen-bond donors (Lipinski definition) is 0. The van der Waals surface area contributed by atoms with Crippen molar-refractivity contribution in [1.82, 2.24) is 20.2 Å². The number of aryl methyl sites for hydroxylation is 1. The van der Waals surface area contributed by atoms with Crippen LogP contribution in [0.4, 0.5) is 45.5 Å². The summed E-state index contributed by atoms with van der Waals surface area (Å²) < 4.78 is 119. The number of alkyl halides is 9. The summed E-state index contributed by atoms with van der Waals surface area (Å²) in [5.41, 5.74) is -4.66. The first-order valence-electron chi connectivity index (χ1n) is 9.17. The SMILES string of the molecule is Cn1nnc(N(Cc2cc(C(F)(F)F)cc(C(F)(F)F)c2)Cc2cc(C(F)(F)F)ccc2Cl)n1. The number of nitrogens with zero attached hydrogens (tertiary/aromatic N) is 5. The second-order valence-corrected chi connectivity index (χ2v) is 7.56. The molecule has 0 aliphatic heterocycles. The molecular weight excluding hydrogens is 505 g/mol. The molecule has 0 saturated carbocycles. The highest BCUT2D eigenvalue weighted by molar-refractivity contribution is 6.31. The Kier molecular flexibility index (Phi) is 6.75. The zero-order chi connectivity index (χ0) is 25.5. The van der Waals surface area contributed by atoms with E-state index in [1.54, 1.807) is 0 Å². The molecule has 0 radical (unpaired) electrons. The zero-order valence-corrected chi connectivity index (χ0v) is 17.6.